The van der Waals surface area contributed by atoms with Gasteiger partial charge in [0.15, 0.2) is 0 Å². The molecule has 0 unspecified atom stereocenters. The second kappa shape index (κ2) is 5.62. The van der Waals surface area contributed by atoms with Crippen LogP contribution in [0.5, 0.6) is 5.75 Å². The Morgan fingerprint density at radius 1 is 1.20 bits per heavy atom. The van der Waals surface area contributed by atoms with Crippen molar-refractivity contribution in [3.63, 3.8) is 0 Å². The largest absolute Gasteiger partial charge is 0.497 e. The second-order valence-corrected chi connectivity index (χ2v) is 6.79. The minimum absolute atomic E-state index is 0.0268. The molecule has 25 heavy (non-hydrogen) atoms. The van der Waals surface area contributed by atoms with Crippen LogP contribution in [0.15, 0.2) is 42.5 Å². The van der Waals surface area contributed by atoms with E-state index in [4.69, 9.17) is 4.74 Å². The van der Waals surface area contributed by atoms with Gasteiger partial charge in [-0.25, -0.2) is 0 Å². The maximum Gasteiger partial charge on any atom is 0.253 e. The smallest absolute Gasteiger partial charge is 0.253 e. The summed E-state index contributed by atoms with van der Waals surface area (Å²) in [5.74, 6) is 0.661. The molecule has 2 aliphatic heterocycles. The Morgan fingerprint density at radius 2 is 1.96 bits per heavy atom. The molecule has 2 amide bonds. The fourth-order valence-electron chi connectivity index (χ4n) is 3.79. The molecule has 0 aliphatic carbocycles. The number of methoxy groups -OCH3 is 1. The van der Waals surface area contributed by atoms with Crippen molar-refractivity contribution >= 4 is 17.5 Å². The van der Waals surface area contributed by atoms with Crippen LogP contribution in [0.3, 0.4) is 0 Å². The van der Waals surface area contributed by atoms with Gasteiger partial charge < -0.3 is 15.0 Å². The highest BCUT2D eigenvalue weighted by Gasteiger charge is 2.52. The molecule has 0 saturated carbocycles. The van der Waals surface area contributed by atoms with E-state index in [1.165, 1.54) is 0 Å². The highest BCUT2D eigenvalue weighted by molar-refractivity contribution is 6.07. The SMILES string of the molecule is COc1ccc2c(c1)[C@]1(CCN(C(=O)c3ccc(C)cc3)C1)C(=O)N2. The molecule has 1 fully saturated rings. The number of nitrogens with one attached hydrogen (secondary N) is 1. The summed E-state index contributed by atoms with van der Waals surface area (Å²) >= 11 is 0. The number of hydrogen-bond acceptors (Lipinski definition) is 3. The average molecular weight is 336 g/mol. The summed E-state index contributed by atoms with van der Waals surface area (Å²) in [5, 5.41) is 2.96. The summed E-state index contributed by atoms with van der Waals surface area (Å²) in [5.41, 5.74) is 2.84. The minimum Gasteiger partial charge on any atom is -0.497 e. The van der Waals surface area contributed by atoms with Gasteiger partial charge in [-0.3, -0.25) is 9.59 Å². The van der Waals surface area contributed by atoms with Crippen LogP contribution < -0.4 is 10.1 Å². The van der Waals surface area contributed by atoms with E-state index in [1.807, 2.05) is 49.4 Å². The van der Waals surface area contributed by atoms with Crippen LogP contribution in [0.2, 0.25) is 0 Å². The molecule has 1 saturated heterocycles. The lowest BCUT2D eigenvalue weighted by atomic mass is 9.81. The summed E-state index contributed by atoms with van der Waals surface area (Å²) in [6.07, 6.45) is 0.622. The quantitative estimate of drug-likeness (QED) is 0.917. The van der Waals surface area contributed by atoms with Crippen molar-refractivity contribution in [1.82, 2.24) is 4.90 Å². The third kappa shape index (κ3) is 2.38. The van der Waals surface area contributed by atoms with Crippen LogP contribution in [0.1, 0.15) is 27.9 Å². The normalized spacial score (nSPS) is 21.4. The Bertz CT molecular complexity index is 860. The number of carbonyl (C=O) groups is 2. The highest BCUT2D eigenvalue weighted by Crippen LogP contribution is 2.45. The third-order valence-corrected chi connectivity index (χ3v) is 5.28. The van der Waals surface area contributed by atoms with Gasteiger partial charge >= 0.3 is 0 Å². The van der Waals surface area contributed by atoms with Crippen molar-refractivity contribution in [1.29, 1.82) is 0 Å². The minimum atomic E-state index is -0.676. The Balaban J connectivity index is 1.65. The molecule has 4 rings (SSSR count). The van der Waals surface area contributed by atoms with Crippen LogP contribution in [0, 0.1) is 6.92 Å². The number of hydrogen-bond donors (Lipinski definition) is 1. The fourth-order valence-corrected chi connectivity index (χ4v) is 3.79. The second-order valence-electron chi connectivity index (χ2n) is 6.79. The van der Waals surface area contributed by atoms with E-state index < -0.39 is 5.41 Å². The lowest BCUT2D eigenvalue weighted by Crippen LogP contribution is -2.39. The van der Waals surface area contributed by atoms with E-state index in [1.54, 1.807) is 12.0 Å². The molecule has 5 heteroatoms. The van der Waals surface area contributed by atoms with Crippen LogP contribution in [0.4, 0.5) is 5.69 Å². The van der Waals surface area contributed by atoms with E-state index >= 15 is 0 Å². The highest BCUT2D eigenvalue weighted by atomic mass is 16.5. The molecule has 2 heterocycles. The summed E-state index contributed by atoms with van der Waals surface area (Å²) in [6, 6.07) is 13.2. The fraction of sp³-hybridized carbons (Fsp3) is 0.300. The standard InChI is InChI=1S/C20H20N2O3/c1-13-3-5-14(6-4-13)18(23)22-10-9-20(12-22)16-11-15(25-2)7-8-17(16)21-19(20)24/h3-8,11H,9-10,12H2,1-2H3,(H,21,24)/t20-/m1/s1. The third-order valence-electron chi connectivity index (χ3n) is 5.28. The molecule has 1 spiro atoms. The molecule has 128 valence electrons. The van der Waals surface area contributed by atoms with Gasteiger partial charge in [-0.05, 0) is 49.2 Å². The molecule has 1 atom stereocenters. The van der Waals surface area contributed by atoms with Gasteiger partial charge in [-0.15, -0.1) is 0 Å². The van der Waals surface area contributed by atoms with Crippen LogP contribution in [0.25, 0.3) is 0 Å². The number of rotatable bonds is 2. The molecule has 2 aromatic carbocycles. The number of likely N-dealkylation sites (tertiary alicyclic amines) is 1. The van der Waals surface area contributed by atoms with Crippen LogP contribution >= 0.6 is 0 Å². The van der Waals surface area contributed by atoms with E-state index in [9.17, 15) is 9.59 Å². The number of aryl methyl sites for hydroxylation is 1. The van der Waals surface area contributed by atoms with Crippen molar-refractivity contribution in [3.8, 4) is 5.75 Å². The van der Waals surface area contributed by atoms with E-state index in [0.717, 1.165) is 22.6 Å². The Morgan fingerprint density at radius 3 is 2.68 bits per heavy atom. The van der Waals surface area contributed by atoms with Crippen molar-refractivity contribution in [2.45, 2.75) is 18.8 Å². The Labute approximate surface area is 146 Å². The topological polar surface area (TPSA) is 58.6 Å². The van der Waals surface area contributed by atoms with Crippen LogP contribution in [-0.2, 0) is 10.2 Å². The molecule has 2 aliphatic rings. The summed E-state index contributed by atoms with van der Waals surface area (Å²) in [6.45, 7) is 2.95. The first-order valence-corrected chi connectivity index (χ1v) is 8.39. The number of anilines is 1. The summed E-state index contributed by atoms with van der Waals surface area (Å²) in [4.78, 5) is 27.3. The molecule has 0 bridgehead atoms. The molecular weight excluding hydrogens is 316 g/mol. The Kier molecular flexibility index (Phi) is 3.53. The first-order chi connectivity index (χ1) is 12.0. The monoisotopic (exact) mass is 336 g/mol. The number of fused-ring (bicyclic) bond motifs is 2. The number of carbonyl (C=O) groups excluding carboxylic acids is 2. The first kappa shape index (κ1) is 15.7. The van der Waals surface area contributed by atoms with Gasteiger partial charge in [-0.2, -0.15) is 0 Å². The van der Waals surface area contributed by atoms with Gasteiger partial charge in [0.1, 0.15) is 5.75 Å². The molecule has 5 nitrogen and oxygen atoms in total. The number of nitrogens with zero attached hydrogens (tertiary/aromatic N) is 1. The zero-order valence-electron chi connectivity index (χ0n) is 14.3. The number of amides is 2. The molecule has 0 radical (unpaired) electrons. The Hall–Kier alpha value is -2.82. The van der Waals surface area contributed by atoms with Gasteiger partial charge in [0.05, 0.1) is 12.5 Å². The van der Waals surface area contributed by atoms with Crippen molar-refractivity contribution < 1.29 is 14.3 Å². The van der Waals surface area contributed by atoms with Crippen LogP contribution in [-0.4, -0.2) is 36.9 Å². The number of ether oxygens (including phenoxy) is 1. The van der Waals surface area contributed by atoms with Crippen molar-refractivity contribution in [3.05, 3.63) is 59.2 Å². The predicted molar refractivity (Wildman–Crippen MR) is 95.0 cm³/mol. The zero-order chi connectivity index (χ0) is 17.6. The maximum absolute atomic E-state index is 12.8. The molecule has 1 N–H and O–H groups in total. The van der Waals surface area contributed by atoms with Gasteiger partial charge in [0.25, 0.3) is 5.91 Å². The van der Waals surface area contributed by atoms with Gasteiger partial charge in [-0.1, -0.05) is 17.7 Å². The first-order valence-electron chi connectivity index (χ1n) is 8.39. The lowest BCUT2D eigenvalue weighted by molar-refractivity contribution is -0.120. The summed E-state index contributed by atoms with van der Waals surface area (Å²) in [7, 11) is 1.61. The van der Waals surface area contributed by atoms with Crippen molar-refractivity contribution in [2.75, 3.05) is 25.5 Å². The maximum atomic E-state index is 12.8. The van der Waals surface area contributed by atoms with E-state index in [-0.39, 0.29) is 11.8 Å². The van der Waals surface area contributed by atoms with Gasteiger partial charge in [0, 0.05) is 24.3 Å². The lowest BCUT2D eigenvalue weighted by Gasteiger charge is -2.23. The molecular formula is C20H20N2O3. The zero-order valence-corrected chi connectivity index (χ0v) is 14.3. The van der Waals surface area contributed by atoms with Crippen molar-refractivity contribution in [2.24, 2.45) is 0 Å². The molecule has 2 aromatic rings. The van der Waals surface area contributed by atoms with Gasteiger partial charge in [0.2, 0.25) is 5.91 Å². The van der Waals surface area contributed by atoms with E-state index in [0.29, 0.717) is 25.1 Å². The number of benzene rings is 2. The predicted octanol–water partition coefficient (Wildman–Crippen LogP) is 2.74. The molecule has 0 aromatic heterocycles. The summed E-state index contributed by atoms with van der Waals surface area (Å²) < 4.78 is 5.31. The van der Waals surface area contributed by atoms with E-state index in [2.05, 4.69) is 5.32 Å². The average Bonchev–Trinajstić information content (AvgIpc) is 3.18.